The van der Waals surface area contributed by atoms with Crippen molar-refractivity contribution in [2.24, 2.45) is 10.4 Å². The van der Waals surface area contributed by atoms with Gasteiger partial charge in [0.15, 0.2) is 0 Å². The minimum atomic E-state index is -1.40. The molecule has 2 amide bonds. The molecule has 3 N–H and O–H groups in total. The van der Waals surface area contributed by atoms with Gasteiger partial charge in [0.2, 0.25) is 5.96 Å². The molecular formula is C15H28N4O4. The minimum Gasteiger partial charge on any atom is -0.465 e. The van der Waals surface area contributed by atoms with Crippen LogP contribution in [0.2, 0.25) is 0 Å². The topological polar surface area (TPSA) is 105 Å². The van der Waals surface area contributed by atoms with E-state index in [1.54, 1.807) is 25.7 Å². The molecular weight excluding hydrogens is 300 g/mol. The zero-order chi connectivity index (χ0) is 18.0. The Bertz CT molecular complexity index is 491. The van der Waals surface area contributed by atoms with Gasteiger partial charge in [-0.3, -0.25) is 0 Å². The van der Waals surface area contributed by atoms with Gasteiger partial charge < -0.3 is 20.4 Å². The second-order valence-electron chi connectivity index (χ2n) is 7.76. The van der Waals surface area contributed by atoms with Crippen LogP contribution < -0.4 is 5.32 Å². The Hall–Kier alpha value is -1.83. The zero-order valence-electron chi connectivity index (χ0n) is 14.8. The molecule has 1 unspecified atom stereocenters. The first kappa shape index (κ1) is 19.2. The van der Waals surface area contributed by atoms with Crippen LogP contribution in [0.4, 0.5) is 9.59 Å². The van der Waals surface area contributed by atoms with Gasteiger partial charge in [0, 0.05) is 31.2 Å². The average molecular weight is 328 g/mol. The van der Waals surface area contributed by atoms with Crippen molar-refractivity contribution < 1.29 is 19.8 Å². The Morgan fingerprint density at radius 3 is 2.13 bits per heavy atom. The number of carboxylic acid groups (broad SMARTS) is 2. The molecule has 8 nitrogen and oxygen atoms in total. The molecule has 0 aliphatic carbocycles. The molecule has 1 atom stereocenters. The molecule has 1 rings (SSSR count). The van der Waals surface area contributed by atoms with Crippen LogP contribution in [0, 0.1) is 5.41 Å². The van der Waals surface area contributed by atoms with Crippen molar-refractivity contribution in [1.82, 2.24) is 15.1 Å². The molecule has 0 aromatic heterocycles. The lowest BCUT2D eigenvalue weighted by atomic mass is 9.84. The fourth-order valence-electron chi connectivity index (χ4n) is 2.72. The SMILES string of the molecule is CC(C)(C)C1CNCCN1C(=NC(=O)O)N(C(=O)O)C(C)(C)C. The third kappa shape index (κ3) is 4.82. The molecule has 1 aliphatic heterocycles. The Morgan fingerprint density at radius 2 is 1.74 bits per heavy atom. The second-order valence-corrected chi connectivity index (χ2v) is 7.76. The Morgan fingerprint density at radius 1 is 1.17 bits per heavy atom. The van der Waals surface area contributed by atoms with E-state index in [2.05, 4.69) is 10.3 Å². The molecule has 8 heteroatoms. The van der Waals surface area contributed by atoms with Crippen LogP contribution in [-0.2, 0) is 0 Å². The second kappa shape index (κ2) is 6.74. The van der Waals surface area contributed by atoms with E-state index in [9.17, 15) is 14.7 Å². The smallest absolute Gasteiger partial charge is 0.434 e. The Labute approximate surface area is 137 Å². The summed E-state index contributed by atoms with van der Waals surface area (Å²) >= 11 is 0. The molecule has 1 heterocycles. The number of nitrogens with zero attached hydrogens (tertiary/aromatic N) is 3. The van der Waals surface area contributed by atoms with Crippen molar-refractivity contribution in [3.8, 4) is 0 Å². The quantitative estimate of drug-likeness (QED) is 0.464. The first-order valence-corrected chi connectivity index (χ1v) is 7.68. The normalized spacial score (nSPS) is 20.3. The predicted molar refractivity (Wildman–Crippen MR) is 87.9 cm³/mol. The molecule has 0 saturated carbocycles. The highest BCUT2D eigenvalue weighted by Gasteiger charge is 2.41. The van der Waals surface area contributed by atoms with E-state index in [1.807, 2.05) is 20.8 Å². The van der Waals surface area contributed by atoms with Gasteiger partial charge in [0.1, 0.15) is 0 Å². The lowest BCUT2D eigenvalue weighted by Gasteiger charge is -2.48. The molecule has 0 spiro atoms. The van der Waals surface area contributed by atoms with Gasteiger partial charge in [-0.2, -0.15) is 0 Å². The van der Waals surface area contributed by atoms with Crippen molar-refractivity contribution in [3.05, 3.63) is 0 Å². The number of nitrogens with one attached hydrogen (secondary N) is 1. The lowest BCUT2D eigenvalue weighted by Crippen LogP contribution is -2.64. The first-order valence-electron chi connectivity index (χ1n) is 7.68. The minimum absolute atomic E-state index is 0.0288. The van der Waals surface area contributed by atoms with E-state index in [1.165, 1.54) is 0 Å². The summed E-state index contributed by atoms with van der Waals surface area (Å²) in [5.41, 5.74) is -0.984. The molecule has 132 valence electrons. The highest BCUT2D eigenvalue weighted by atomic mass is 16.4. The van der Waals surface area contributed by atoms with E-state index in [0.29, 0.717) is 19.6 Å². The molecule has 0 radical (unpaired) electrons. The maximum Gasteiger partial charge on any atom is 0.434 e. The number of carbonyl (C=O) groups is 2. The van der Waals surface area contributed by atoms with Gasteiger partial charge >= 0.3 is 12.2 Å². The van der Waals surface area contributed by atoms with E-state index in [0.717, 1.165) is 4.90 Å². The fourth-order valence-corrected chi connectivity index (χ4v) is 2.72. The van der Waals surface area contributed by atoms with Crippen LogP contribution in [0.5, 0.6) is 0 Å². The number of hydrogen-bond acceptors (Lipinski definition) is 3. The van der Waals surface area contributed by atoms with Crippen molar-refractivity contribution in [3.63, 3.8) is 0 Å². The van der Waals surface area contributed by atoms with E-state index in [4.69, 9.17) is 5.11 Å². The number of guanidine groups is 1. The number of hydrogen-bond donors (Lipinski definition) is 3. The van der Waals surface area contributed by atoms with Gasteiger partial charge in [-0.1, -0.05) is 20.8 Å². The predicted octanol–water partition coefficient (Wildman–Crippen LogP) is 2.12. The standard InChI is InChI=1S/C15H28N4O4/c1-14(2,3)10-9-16-7-8-18(10)11(17-12(20)21)19(13(22)23)15(4,5)6/h10,16H,7-9H2,1-6H3,(H,20,21)(H,22,23). The van der Waals surface area contributed by atoms with Gasteiger partial charge in [0.25, 0.3) is 0 Å². The molecule has 1 aliphatic rings. The van der Waals surface area contributed by atoms with Crippen LogP contribution in [0.25, 0.3) is 0 Å². The van der Waals surface area contributed by atoms with E-state index < -0.39 is 17.7 Å². The Kier molecular flexibility index (Phi) is 5.63. The summed E-state index contributed by atoms with van der Waals surface area (Å²) in [6.07, 6.45) is -2.62. The van der Waals surface area contributed by atoms with Crippen LogP contribution >= 0.6 is 0 Å². The summed E-state index contributed by atoms with van der Waals surface area (Å²) in [4.78, 5) is 29.4. The summed E-state index contributed by atoms with van der Waals surface area (Å²) in [5.74, 6) is -0.0288. The van der Waals surface area contributed by atoms with E-state index in [-0.39, 0.29) is 17.4 Å². The van der Waals surface area contributed by atoms with E-state index >= 15 is 0 Å². The van der Waals surface area contributed by atoms with Gasteiger partial charge in [-0.05, 0) is 26.2 Å². The summed E-state index contributed by atoms with van der Waals surface area (Å²) in [5, 5.41) is 22.0. The molecule has 0 aromatic rings. The lowest BCUT2D eigenvalue weighted by molar-refractivity contribution is 0.0965. The number of amides is 2. The number of rotatable bonds is 0. The summed E-state index contributed by atoms with van der Waals surface area (Å²) < 4.78 is 0. The number of piperazine rings is 1. The summed E-state index contributed by atoms with van der Waals surface area (Å²) in [6, 6.07) is -0.0708. The zero-order valence-corrected chi connectivity index (χ0v) is 14.8. The van der Waals surface area contributed by atoms with Crippen LogP contribution in [0.3, 0.4) is 0 Å². The Balaban J connectivity index is 3.40. The van der Waals surface area contributed by atoms with Crippen molar-refractivity contribution in [2.75, 3.05) is 19.6 Å². The van der Waals surface area contributed by atoms with Crippen LogP contribution in [-0.4, -0.2) is 69.4 Å². The fraction of sp³-hybridized carbons (Fsp3) is 0.800. The monoisotopic (exact) mass is 328 g/mol. The summed E-state index contributed by atoms with van der Waals surface area (Å²) in [7, 11) is 0. The highest BCUT2D eigenvalue weighted by molar-refractivity contribution is 5.99. The molecule has 0 aromatic carbocycles. The molecule has 0 bridgehead atoms. The van der Waals surface area contributed by atoms with Crippen LogP contribution in [0.1, 0.15) is 41.5 Å². The van der Waals surface area contributed by atoms with Crippen molar-refractivity contribution >= 4 is 18.1 Å². The molecule has 1 saturated heterocycles. The van der Waals surface area contributed by atoms with Crippen LogP contribution in [0.15, 0.2) is 4.99 Å². The molecule has 23 heavy (non-hydrogen) atoms. The third-order valence-corrected chi connectivity index (χ3v) is 3.76. The number of aliphatic imine (C=N–C) groups is 1. The maximum atomic E-state index is 11.8. The first-order chi connectivity index (χ1) is 10.4. The molecule has 1 fully saturated rings. The van der Waals surface area contributed by atoms with Gasteiger partial charge in [-0.25, -0.2) is 14.5 Å². The maximum absolute atomic E-state index is 11.8. The summed E-state index contributed by atoms with van der Waals surface area (Å²) in [6.45, 7) is 13.0. The van der Waals surface area contributed by atoms with Crippen molar-refractivity contribution in [1.29, 1.82) is 0 Å². The van der Waals surface area contributed by atoms with Gasteiger partial charge in [0.05, 0.1) is 0 Å². The third-order valence-electron chi connectivity index (χ3n) is 3.76. The van der Waals surface area contributed by atoms with Crippen molar-refractivity contribution in [2.45, 2.75) is 53.1 Å². The highest BCUT2D eigenvalue weighted by Crippen LogP contribution is 2.28. The largest absolute Gasteiger partial charge is 0.465 e. The van der Waals surface area contributed by atoms with Gasteiger partial charge in [-0.15, -0.1) is 4.99 Å². The average Bonchev–Trinajstić information content (AvgIpc) is 2.34.